The van der Waals surface area contributed by atoms with Crippen LogP contribution in [0.15, 0.2) is 24.3 Å². The van der Waals surface area contributed by atoms with Crippen molar-refractivity contribution >= 4 is 5.69 Å². The fourth-order valence-electron chi connectivity index (χ4n) is 1.75. The molecule has 0 unspecified atom stereocenters. The molecular weight excluding hydrogens is 214 g/mol. The predicted octanol–water partition coefficient (Wildman–Crippen LogP) is 1.81. The molecule has 0 aromatic heterocycles. The average Bonchev–Trinajstić information content (AvgIpc) is 2.37. The number of hydrogen-bond donors (Lipinski definition) is 2. The van der Waals surface area contributed by atoms with Gasteiger partial charge < -0.3 is 15.1 Å². The number of aliphatic hydroxyl groups is 2. The van der Waals surface area contributed by atoms with Gasteiger partial charge in [-0.15, -0.1) is 0 Å². The van der Waals surface area contributed by atoms with E-state index in [-0.39, 0.29) is 13.2 Å². The lowest BCUT2D eigenvalue weighted by atomic mass is 9.92. The molecule has 0 bridgehead atoms. The monoisotopic (exact) mass is 237 g/mol. The van der Waals surface area contributed by atoms with E-state index >= 15 is 0 Å². The Kier molecular flexibility index (Phi) is 4.97. The van der Waals surface area contributed by atoms with Crippen molar-refractivity contribution in [2.45, 2.75) is 20.8 Å². The molecule has 3 nitrogen and oxygen atoms in total. The third kappa shape index (κ3) is 3.72. The van der Waals surface area contributed by atoms with E-state index in [2.05, 4.69) is 43.0 Å². The Morgan fingerprint density at radius 1 is 1.12 bits per heavy atom. The van der Waals surface area contributed by atoms with Crippen LogP contribution < -0.4 is 4.90 Å². The van der Waals surface area contributed by atoms with E-state index in [0.717, 1.165) is 12.2 Å². The standard InChI is InChI=1S/C14H23NO2/c1-4-15(9-14(3,10-16)11-17)13-7-5-12(2)6-8-13/h5-8,16-17H,4,9-11H2,1-3H3. The molecule has 0 saturated heterocycles. The van der Waals surface area contributed by atoms with E-state index < -0.39 is 5.41 Å². The molecule has 0 fully saturated rings. The molecule has 0 aliphatic carbocycles. The lowest BCUT2D eigenvalue weighted by Gasteiger charge is -2.33. The number of benzene rings is 1. The van der Waals surface area contributed by atoms with Crippen LogP contribution in [0.5, 0.6) is 0 Å². The Morgan fingerprint density at radius 3 is 2.06 bits per heavy atom. The van der Waals surface area contributed by atoms with E-state index in [1.807, 2.05) is 6.92 Å². The molecular formula is C14H23NO2. The number of anilines is 1. The third-order valence-corrected chi connectivity index (χ3v) is 3.12. The molecule has 0 aliphatic heterocycles. The van der Waals surface area contributed by atoms with Gasteiger partial charge in [0, 0.05) is 24.2 Å². The molecule has 96 valence electrons. The van der Waals surface area contributed by atoms with Crippen molar-refractivity contribution in [1.29, 1.82) is 0 Å². The molecule has 0 amide bonds. The van der Waals surface area contributed by atoms with Gasteiger partial charge in [-0.2, -0.15) is 0 Å². The lowest BCUT2D eigenvalue weighted by Crippen LogP contribution is -2.40. The predicted molar refractivity (Wildman–Crippen MR) is 71.3 cm³/mol. The van der Waals surface area contributed by atoms with Crippen molar-refractivity contribution in [2.24, 2.45) is 5.41 Å². The zero-order valence-corrected chi connectivity index (χ0v) is 11.0. The van der Waals surface area contributed by atoms with Crippen LogP contribution in [0.4, 0.5) is 5.69 Å². The van der Waals surface area contributed by atoms with Gasteiger partial charge in [0.2, 0.25) is 0 Å². The zero-order valence-electron chi connectivity index (χ0n) is 11.0. The maximum Gasteiger partial charge on any atom is 0.0523 e. The van der Waals surface area contributed by atoms with E-state index in [4.69, 9.17) is 0 Å². The van der Waals surface area contributed by atoms with Crippen LogP contribution in [0.3, 0.4) is 0 Å². The normalized spacial score (nSPS) is 11.6. The Bertz CT molecular complexity index is 331. The van der Waals surface area contributed by atoms with Crippen molar-refractivity contribution in [2.75, 3.05) is 31.2 Å². The van der Waals surface area contributed by atoms with Gasteiger partial charge in [0.25, 0.3) is 0 Å². The van der Waals surface area contributed by atoms with Crippen LogP contribution in [0.1, 0.15) is 19.4 Å². The van der Waals surface area contributed by atoms with Gasteiger partial charge in [-0.3, -0.25) is 0 Å². The summed E-state index contributed by atoms with van der Waals surface area (Å²) in [5.74, 6) is 0. The molecule has 0 heterocycles. The van der Waals surface area contributed by atoms with Crippen molar-refractivity contribution in [3.8, 4) is 0 Å². The van der Waals surface area contributed by atoms with Crippen LogP contribution in [-0.4, -0.2) is 36.5 Å². The van der Waals surface area contributed by atoms with Crippen LogP contribution in [0.2, 0.25) is 0 Å². The van der Waals surface area contributed by atoms with Gasteiger partial charge in [0.05, 0.1) is 13.2 Å². The first-order chi connectivity index (χ1) is 8.04. The van der Waals surface area contributed by atoms with Gasteiger partial charge in [0.15, 0.2) is 0 Å². The second-order valence-electron chi connectivity index (χ2n) is 4.98. The fourth-order valence-corrected chi connectivity index (χ4v) is 1.75. The van der Waals surface area contributed by atoms with Gasteiger partial charge in [-0.05, 0) is 26.0 Å². The summed E-state index contributed by atoms with van der Waals surface area (Å²) in [7, 11) is 0. The Hall–Kier alpha value is -1.06. The summed E-state index contributed by atoms with van der Waals surface area (Å²) in [4.78, 5) is 2.17. The van der Waals surface area contributed by atoms with E-state index in [1.165, 1.54) is 5.56 Å². The molecule has 0 spiro atoms. The highest BCUT2D eigenvalue weighted by molar-refractivity contribution is 5.47. The minimum Gasteiger partial charge on any atom is -0.396 e. The molecule has 2 N–H and O–H groups in total. The van der Waals surface area contributed by atoms with Crippen molar-refractivity contribution in [1.82, 2.24) is 0 Å². The number of rotatable bonds is 6. The molecule has 0 aliphatic rings. The molecule has 0 radical (unpaired) electrons. The maximum atomic E-state index is 9.33. The lowest BCUT2D eigenvalue weighted by molar-refractivity contribution is 0.0755. The topological polar surface area (TPSA) is 43.7 Å². The van der Waals surface area contributed by atoms with Gasteiger partial charge in [-0.1, -0.05) is 24.6 Å². The Balaban J connectivity index is 2.81. The zero-order chi connectivity index (χ0) is 12.9. The summed E-state index contributed by atoms with van der Waals surface area (Å²) < 4.78 is 0. The molecule has 1 rings (SSSR count). The number of aliphatic hydroxyl groups excluding tert-OH is 2. The fraction of sp³-hybridized carbons (Fsp3) is 0.571. The van der Waals surface area contributed by atoms with Crippen LogP contribution >= 0.6 is 0 Å². The summed E-state index contributed by atoms with van der Waals surface area (Å²) >= 11 is 0. The van der Waals surface area contributed by atoms with E-state index in [0.29, 0.717) is 6.54 Å². The second-order valence-corrected chi connectivity index (χ2v) is 4.98. The largest absolute Gasteiger partial charge is 0.396 e. The van der Waals surface area contributed by atoms with E-state index in [1.54, 1.807) is 0 Å². The SMILES string of the molecule is CCN(CC(C)(CO)CO)c1ccc(C)cc1. The minimum atomic E-state index is -0.457. The number of nitrogens with zero attached hydrogens (tertiary/aromatic N) is 1. The molecule has 17 heavy (non-hydrogen) atoms. The van der Waals surface area contributed by atoms with Crippen molar-refractivity contribution < 1.29 is 10.2 Å². The molecule has 1 aromatic carbocycles. The summed E-state index contributed by atoms with van der Waals surface area (Å²) in [6.45, 7) is 7.53. The molecule has 0 atom stereocenters. The first-order valence-electron chi connectivity index (χ1n) is 6.08. The molecule has 1 aromatic rings. The van der Waals surface area contributed by atoms with Crippen LogP contribution in [-0.2, 0) is 0 Å². The van der Waals surface area contributed by atoms with Gasteiger partial charge >= 0.3 is 0 Å². The summed E-state index contributed by atoms with van der Waals surface area (Å²) in [6.07, 6.45) is 0. The third-order valence-electron chi connectivity index (χ3n) is 3.12. The van der Waals surface area contributed by atoms with Crippen molar-refractivity contribution in [3.63, 3.8) is 0 Å². The highest BCUT2D eigenvalue weighted by Crippen LogP contribution is 2.22. The quantitative estimate of drug-likeness (QED) is 0.793. The van der Waals surface area contributed by atoms with E-state index in [9.17, 15) is 10.2 Å². The first-order valence-corrected chi connectivity index (χ1v) is 6.08. The van der Waals surface area contributed by atoms with Gasteiger partial charge in [-0.25, -0.2) is 0 Å². The first kappa shape index (κ1) is 14.0. The maximum absolute atomic E-state index is 9.33. The van der Waals surface area contributed by atoms with Crippen LogP contribution in [0.25, 0.3) is 0 Å². The minimum absolute atomic E-state index is 0.00807. The highest BCUT2D eigenvalue weighted by Gasteiger charge is 2.25. The Labute approximate surface area is 104 Å². The Morgan fingerprint density at radius 2 is 1.65 bits per heavy atom. The summed E-state index contributed by atoms with van der Waals surface area (Å²) in [6, 6.07) is 8.31. The van der Waals surface area contributed by atoms with Crippen LogP contribution in [0, 0.1) is 12.3 Å². The number of hydrogen-bond acceptors (Lipinski definition) is 3. The smallest absolute Gasteiger partial charge is 0.0523 e. The van der Waals surface area contributed by atoms with Crippen molar-refractivity contribution in [3.05, 3.63) is 29.8 Å². The summed E-state index contributed by atoms with van der Waals surface area (Å²) in [5.41, 5.74) is 1.91. The summed E-state index contributed by atoms with van der Waals surface area (Å²) in [5, 5.41) is 18.7. The molecule has 0 saturated carbocycles. The molecule has 3 heteroatoms. The second kappa shape index (κ2) is 6.03. The average molecular weight is 237 g/mol. The highest BCUT2D eigenvalue weighted by atomic mass is 16.3. The van der Waals surface area contributed by atoms with Gasteiger partial charge in [0.1, 0.15) is 0 Å². The number of aryl methyl sites for hydroxylation is 1.